The Bertz CT molecular complexity index is 397. The van der Waals surface area contributed by atoms with Gasteiger partial charge in [-0.25, -0.2) is 0 Å². The Morgan fingerprint density at radius 1 is 1.50 bits per heavy atom. The monoisotopic (exact) mass is 266 g/mol. The molecule has 1 fully saturated rings. The first-order valence-corrected chi connectivity index (χ1v) is 7.74. The van der Waals surface area contributed by atoms with Crippen LogP contribution in [-0.2, 0) is 6.54 Å². The molecule has 3 N–H and O–H groups in total. The van der Waals surface area contributed by atoms with E-state index in [0.29, 0.717) is 19.1 Å². The molecule has 100 valence electrons. The van der Waals surface area contributed by atoms with Crippen molar-refractivity contribution in [3.8, 4) is 0 Å². The number of nitrogens with two attached hydrogens (primary N) is 1. The number of hydrogen-bond donors (Lipinski definition) is 2. The van der Waals surface area contributed by atoms with Gasteiger partial charge in [0.15, 0.2) is 0 Å². The average Bonchev–Trinajstić information content (AvgIpc) is 2.86. The fraction of sp³-hybridized carbons (Fsp3) is 0.571. The van der Waals surface area contributed by atoms with Gasteiger partial charge >= 0.3 is 0 Å². The number of benzene rings is 1. The van der Waals surface area contributed by atoms with Gasteiger partial charge in [0.05, 0.1) is 0 Å². The van der Waals surface area contributed by atoms with Crippen molar-refractivity contribution in [3.63, 3.8) is 0 Å². The summed E-state index contributed by atoms with van der Waals surface area (Å²) in [5.74, 6) is 0.624. The molecule has 1 aliphatic heterocycles. The summed E-state index contributed by atoms with van der Waals surface area (Å²) in [6, 6.07) is 6.42. The van der Waals surface area contributed by atoms with Crippen molar-refractivity contribution in [3.05, 3.63) is 23.8 Å². The minimum atomic E-state index is 0.299. The Morgan fingerprint density at radius 3 is 3.00 bits per heavy atom. The van der Waals surface area contributed by atoms with E-state index >= 15 is 0 Å². The molecule has 1 heterocycles. The molecule has 18 heavy (non-hydrogen) atoms. The fourth-order valence-corrected chi connectivity index (χ4v) is 3.37. The maximum Gasteiger partial charge on any atom is 0.0434 e. The molecule has 0 spiro atoms. The van der Waals surface area contributed by atoms with E-state index in [-0.39, 0.29) is 0 Å². The molecule has 0 radical (unpaired) electrons. The average molecular weight is 266 g/mol. The van der Waals surface area contributed by atoms with Crippen LogP contribution in [0, 0.1) is 5.92 Å². The second-order valence-corrected chi connectivity index (χ2v) is 5.62. The van der Waals surface area contributed by atoms with Gasteiger partial charge in [-0.15, -0.1) is 11.8 Å². The first kappa shape index (κ1) is 13.7. The number of aliphatic hydroxyl groups is 1. The topological polar surface area (TPSA) is 49.5 Å². The lowest BCUT2D eigenvalue weighted by molar-refractivity contribution is 0.263. The van der Waals surface area contributed by atoms with Gasteiger partial charge in [0.25, 0.3) is 0 Å². The number of nitrogens with zero attached hydrogens (tertiary/aromatic N) is 1. The molecular weight excluding hydrogens is 244 g/mol. The SMILES string of the molecule is CSc1cccc(N2CCC(CCO)C2)c1CN. The van der Waals surface area contributed by atoms with E-state index in [4.69, 9.17) is 10.8 Å². The summed E-state index contributed by atoms with van der Waals surface area (Å²) in [7, 11) is 0. The summed E-state index contributed by atoms with van der Waals surface area (Å²) < 4.78 is 0. The highest BCUT2D eigenvalue weighted by Crippen LogP contribution is 2.33. The van der Waals surface area contributed by atoms with Crippen LogP contribution >= 0.6 is 11.8 Å². The third-order valence-corrected chi connectivity index (χ3v) is 4.52. The minimum absolute atomic E-state index is 0.299. The van der Waals surface area contributed by atoms with Crippen molar-refractivity contribution in [2.45, 2.75) is 24.3 Å². The molecular formula is C14H22N2OS. The van der Waals surface area contributed by atoms with Gasteiger partial charge in [0, 0.05) is 42.4 Å². The summed E-state index contributed by atoms with van der Waals surface area (Å²) in [6.45, 7) is 3.02. The quantitative estimate of drug-likeness (QED) is 0.801. The van der Waals surface area contributed by atoms with Gasteiger partial charge in [-0.2, -0.15) is 0 Å². The summed E-state index contributed by atoms with van der Waals surface area (Å²) >= 11 is 1.76. The summed E-state index contributed by atoms with van der Waals surface area (Å²) in [5, 5.41) is 9.02. The predicted octanol–water partition coefficient (Wildman–Crippen LogP) is 2.08. The summed E-state index contributed by atoms with van der Waals surface area (Å²) in [6.07, 6.45) is 4.18. The highest BCUT2D eigenvalue weighted by Gasteiger charge is 2.24. The van der Waals surface area contributed by atoms with Gasteiger partial charge < -0.3 is 15.7 Å². The van der Waals surface area contributed by atoms with Crippen LogP contribution in [0.25, 0.3) is 0 Å². The lowest BCUT2D eigenvalue weighted by Crippen LogP contribution is -2.22. The van der Waals surface area contributed by atoms with Gasteiger partial charge in [0.2, 0.25) is 0 Å². The number of thioether (sulfide) groups is 1. The molecule has 0 bridgehead atoms. The normalized spacial score (nSPS) is 19.5. The van der Waals surface area contributed by atoms with Crippen LogP contribution < -0.4 is 10.6 Å². The zero-order valence-electron chi connectivity index (χ0n) is 10.9. The minimum Gasteiger partial charge on any atom is -0.396 e. The number of aliphatic hydroxyl groups excluding tert-OH is 1. The van der Waals surface area contributed by atoms with Crippen LogP contribution in [0.1, 0.15) is 18.4 Å². The molecule has 0 saturated carbocycles. The molecule has 0 aromatic heterocycles. The zero-order valence-corrected chi connectivity index (χ0v) is 11.7. The molecule has 1 atom stereocenters. The molecule has 1 aromatic carbocycles. The second-order valence-electron chi connectivity index (χ2n) is 4.78. The predicted molar refractivity (Wildman–Crippen MR) is 78.1 cm³/mol. The Morgan fingerprint density at radius 2 is 2.33 bits per heavy atom. The fourth-order valence-electron chi connectivity index (χ4n) is 2.72. The van der Waals surface area contributed by atoms with Crippen LogP contribution in [0.3, 0.4) is 0 Å². The lowest BCUT2D eigenvalue weighted by atomic mass is 10.1. The molecule has 0 amide bonds. The van der Waals surface area contributed by atoms with Crippen LogP contribution in [-0.4, -0.2) is 31.1 Å². The molecule has 1 aliphatic rings. The first-order valence-electron chi connectivity index (χ1n) is 6.52. The van der Waals surface area contributed by atoms with Crippen molar-refractivity contribution in [1.29, 1.82) is 0 Å². The number of rotatable bonds is 5. The number of hydrogen-bond acceptors (Lipinski definition) is 4. The largest absolute Gasteiger partial charge is 0.396 e. The number of anilines is 1. The zero-order chi connectivity index (χ0) is 13.0. The van der Waals surface area contributed by atoms with Crippen molar-refractivity contribution in [1.82, 2.24) is 0 Å². The van der Waals surface area contributed by atoms with Gasteiger partial charge in [-0.3, -0.25) is 0 Å². The van der Waals surface area contributed by atoms with E-state index in [1.807, 2.05) is 0 Å². The van der Waals surface area contributed by atoms with E-state index in [2.05, 4.69) is 29.4 Å². The lowest BCUT2D eigenvalue weighted by Gasteiger charge is -2.23. The standard InChI is InChI=1S/C14H22N2OS/c1-18-14-4-2-3-13(12(14)9-15)16-7-5-11(10-16)6-8-17/h2-4,11,17H,5-10,15H2,1H3. The van der Waals surface area contributed by atoms with E-state index in [0.717, 1.165) is 19.5 Å². The Labute approximate surface area is 113 Å². The van der Waals surface area contributed by atoms with Crippen LogP contribution in [0.5, 0.6) is 0 Å². The maximum absolute atomic E-state index is 9.02. The summed E-state index contributed by atoms with van der Waals surface area (Å²) in [4.78, 5) is 3.70. The van der Waals surface area contributed by atoms with Gasteiger partial charge in [-0.05, 0) is 37.1 Å². The van der Waals surface area contributed by atoms with Crippen molar-refractivity contribution >= 4 is 17.4 Å². The van der Waals surface area contributed by atoms with E-state index in [9.17, 15) is 0 Å². The third-order valence-electron chi connectivity index (χ3n) is 3.70. The smallest absolute Gasteiger partial charge is 0.0434 e. The maximum atomic E-state index is 9.02. The second kappa shape index (κ2) is 6.45. The molecule has 2 rings (SSSR count). The molecule has 0 aliphatic carbocycles. The van der Waals surface area contributed by atoms with Crippen LogP contribution in [0.15, 0.2) is 23.1 Å². The first-order chi connectivity index (χ1) is 8.80. The van der Waals surface area contributed by atoms with Gasteiger partial charge in [-0.1, -0.05) is 6.07 Å². The molecule has 1 aromatic rings. The van der Waals surface area contributed by atoms with E-state index < -0.39 is 0 Å². The van der Waals surface area contributed by atoms with Crippen LogP contribution in [0.2, 0.25) is 0 Å². The highest BCUT2D eigenvalue weighted by molar-refractivity contribution is 7.98. The Balaban J connectivity index is 2.18. The van der Waals surface area contributed by atoms with Gasteiger partial charge in [0.1, 0.15) is 0 Å². The van der Waals surface area contributed by atoms with Crippen LogP contribution in [0.4, 0.5) is 5.69 Å². The van der Waals surface area contributed by atoms with Crippen molar-refractivity contribution in [2.24, 2.45) is 11.7 Å². The summed E-state index contributed by atoms with van der Waals surface area (Å²) in [5.41, 5.74) is 8.45. The third kappa shape index (κ3) is 2.82. The molecule has 1 saturated heterocycles. The highest BCUT2D eigenvalue weighted by atomic mass is 32.2. The molecule has 1 unspecified atom stereocenters. The van der Waals surface area contributed by atoms with E-state index in [1.54, 1.807) is 11.8 Å². The Hall–Kier alpha value is -0.710. The Kier molecular flexibility index (Phi) is 4.92. The van der Waals surface area contributed by atoms with E-state index in [1.165, 1.54) is 22.6 Å². The van der Waals surface area contributed by atoms with Crippen molar-refractivity contribution in [2.75, 3.05) is 30.9 Å². The molecule has 4 heteroatoms. The molecule has 3 nitrogen and oxygen atoms in total. The van der Waals surface area contributed by atoms with Crippen molar-refractivity contribution < 1.29 is 5.11 Å².